The predicted octanol–water partition coefficient (Wildman–Crippen LogP) is 0.679. The first-order valence-electron chi connectivity index (χ1n) is 4.98. The van der Waals surface area contributed by atoms with Crippen molar-refractivity contribution >= 4 is 11.6 Å². The summed E-state index contributed by atoms with van der Waals surface area (Å²) in [6, 6.07) is 6.20. The topological polar surface area (TPSA) is 32.3 Å². The fourth-order valence-corrected chi connectivity index (χ4v) is 2.31. The molecule has 2 aliphatic rings. The lowest BCUT2D eigenvalue weighted by molar-refractivity contribution is -0.117. The minimum absolute atomic E-state index is 0.246. The van der Waals surface area contributed by atoms with E-state index in [-0.39, 0.29) is 5.91 Å². The smallest absolute Gasteiger partial charge is 0.231 e. The second kappa shape index (κ2) is 2.82. The summed E-state index contributed by atoms with van der Waals surface area (Å²) in [5, 5.41) is 3.32. The second-order valence-electron chi connectivity index (χ2n) is 3.82. The Morgan fingerprint density at radius 3 is 3.07 bits per heavy atom. The first-order valence-corrected chi connectivity index (χ1v) is 4.98. The van der Waals surface area contributed by atoms with E-state index in [1.54, 1.807) is 0 Å². The van der Waals surface area contributed by atoms with Gasteiger partial charge in [0.05, 0.1) is 12.1 Å². The highest BCUT2D eigenvalue weighted by Crippen LogP contribution is 2.33. The molecule has 0 aliphatic carbocycles. The van der Waals surface area contributed by atoms with Gasteiger partial charge < -0.3 is 10.2 Å². The molecule has 1 aromatic carbocycles. The first-order chi connectivity index (χ1) is 6.86. The molecule has 72 valence electrons. The Labute approximate surface area is 82.7 Å². The summed E-state index contributed by atoms with van der Waals surface area (Å²) in [7, 11) is 0. The summed E-state index contributed by atoms with van der Waals surface area (Å²) in [4.78, 5) is 13.6. The van der Waals surface area contributed by atoms with Crippen molar-refractivity contribution < 1.29 is 4.79 Å². The van der Waals surface area contributed by atoms with Crippen LogP contribution in [0.15, 0.2) is 18.2 Å². The molecular weight excluding hydrogens is 176 g/mol. The molecule has 2 aliphatic heterocycles. The molecule has 0 fully saturated rings. The number of carbonyl (C=O) groups is 1. The monoisotopic (exact) mass is 188 g/mol. The number of anilines is 1. The Morgan fingerprint density at radius 2 is 2.14 bits per heavy atom. The van der Waals surface area contributed by atoms with Crippen molar-refractivity contribution in [3.63, 3.8) is 0 Å². The third kappa shape index (κ3) is 0.990. The summed E-state index contributed by atoms with van der Waals surface area (Å²) in [5.74, 6) is 0.246. The summed E-state index contributed by atoms with van der Waals surface area (Å²) in [6.07, 6.45) is 0.586. The molecule has 0 saturated heterocycles. The molecule has 0 radical (unpaired) electrons. The normalized spacial score (nSPS) is 19.4. The molecule has 3 nitrogen and oxygen atoms in total. The van der Waals surface area contributed by atoms with Gasteiger partial charge in [-0.25, -0.2) is 0 Å². The van der Waals surface area contributed by atoms with Gasteiger partial charge in [0.2, 0.25) is 5.91 Å². The van der Waals surface area contributed by atoms with Crippen LogP contribution in [0.3, 0.4) is 0 Å². The molecule has 3 rings (SSSR count). The van der Waals surface area contributed by atoms with E-state index in [0.717, 1.165) is 19.6 Å². The summed E-state index contributed by atoms with van der Waals surface area (Å²) < 4.78 is 0. The van der Waals surface area contributed by atoms with Crippen LogP contribution in [0.25, 0.3) is 0 Å². The van der Waals surface area contributed by atoms with Crippen molar-refractivity contribution in [2.24, 2.45) is 0 Å². The van der Waals surface area contributed by atoms with Gasteiger partial charge in [-0.2, -0.15) is 0 Å². The minimum atomic E-state index is 0.246. The van der Waals surface area contributed by atoms with Crippen molar-refractivity contribution in [1.29, 1.82) is 0 Å². The van der Waals surface area contributed by atoms with Gasteiger partial charge in [-0.15, -0.1) is 0 Å². The van der Waals surface area contributed by atoms with Gasteiger partial charge >= 0.3 is 0 Å². The highest BCUT2D eigenvalue weighted by atomic mass is 16.2. The molecule has 1 N–H and O–H groups in total. The van der Waals surface area contributed by atoms with Crippen molar-refractivity contribution in [3.8, 4) is 0 Å². The fourth-order valence-electron chi connectivity index (χ4n) is 2.31. The molecule has 1 aromatic rings. The summed E-state index contributed by atoms with van der Waals surface area (Å²) >= 11 is 0. The molecule has 3 heteroatoms. The van der Waals surface area contributed by atoms with Crippen LogP contribution in [-0.2, 0) is 17.8 Å². The quantitative estimate of drug-likeness (QED) is 0.649. The second-order valence-corrected chi connectivity index (χ2v) is 3.82. The number of carbonyl (C=O) groups excluding carboxylic acids is 1. The van der Waals surface area contributed by atoms with Gasteiger partial charge in [0.25, 0.3) is 0 Å². The van der Waals surface area contributed by atoms with Gasteiger partial charge in [0.1, 0.15) is 0 Å². The van der Waals surface area contributed by atoms with E-state index in [4.69, 9.17) is 0 Å². The van der Waals surface area contributed by atoms with Gasteiger partial charge in [-0.05, 0) is 11.1 Å². The largest absolute Gasteiger partial charge is 0.311 e. The van der Waals surface area contributed by atoms with Crippen LogP contribution in [-0.4, -0.2) is 19.0 Å². The minimum Gasteiger partial charge on any atom is -0.311 e. The number of nitrogens with zero attached hydrogens (tertiary/aromatic N) is 1. The van der Waals surface area contributed by atoms with Crippen LogP contribution < -0.4 is 10.2 Å². The third-order valence-corrected chi connectivity index (χ3v) is 2.94. The number of amides is 1. The average molecular weight is 188 g/mol. The van der Waals surface area contributed by atoms with Gasteiger partial charge in [-0.1, -0.05) is 18.2 Å². The highest BCUT2D eigenvalue weighted by molar-refractivity contribution is 6.02. The number of hydrogen-bond acceptors (Lipinski definition) is 2. The molecule has 2 heterocycles. The average Bonchev–Trinajstić information content (AvgIpc) is 2.39. The number of rotatable bonds is 0. The van der Waals surface area contributed by atoms with E-state index in [2.05, 4.69) is 17.4 Å². The van der Waals surface area contributed by atoms with Crippen LogP contribution >= 0.6 is 0 Å². The molecular formula is C11H12N2O. The lowest BCUT2D eigenvalue weighted by Gasteiger charge is -2.15. The number of hydrogen-bond donors (Lipinski definition) is 1. The number of nitrogens with one attached hydrogen (secondary N) is 1. The molecule has 0 spiro atoms. The van der Waals surface area contributed by atoms with Crippen LogP contribution in [0.5, 0.6) is 0 Å². The molecule has 14 heavy (non-hydrogen) atoms. The van der Waals surface area contributed by atoms with Crippen molar-refractivity contribution in [2.45, 2.75) is 13.0 Å². The maximum Gasteiger partial charge on any atom is 0.231 e. The highest BCUT2D eigenvalue weighted by Gasteiger charge is 2.29. The van der Waals surface area contributed by atoms with E-state index in [0.29, 0.717) is 6.42 Å². The van der Waals surface area contributed by atoms with Gasteiger partial charge in [-0.3, -0.25) is 4.79 Å². The Kier molecular flexibility index (Phi) is 1.61. The Hall–Kier alpha value is -1.35. The van der Waals surface area contributed by atoms with Crippen molar-refractivity contribution in [1.82, 2.24) is 5.32 Å². The Balaban J connectivity index is 2.20. The maximum atomic E-state index is 11.7. The number of benzene rings is 1. The predicted molar refractivity (Wildman–Crippen MR) is 54.2 cm³/mol. The molecule has 0 aromatic heterocycles. The Bertz CT molecular complexity index is 400. The third-order valence-electron chi connectivity index (χ3n) is 2.94. The van der Waals surface area contributed by atoms with Crippen LogP contribution in [0.4, 0.5) is 5.69 Å². The van der Waals surface area contributed by atoms with Gasteiger partial charge in [0.15, 0.2) is 0 Å². The van der Waals surface area contributed by atoms with Crippen LogP contribution in [0, 0.1) is 0 Å². The van der Waals surface area contributed by atoms with Crippen molar-refractivity contribution in [2.75, 3.05) is 18.0 Å². The lowest BCUT2D eigenvalue weighted by atomic mass is 10.1. The summed E-state index contributed by atoms with van der Waals surface area (Å²) in [6.45, 7) is 2.58. The van der Waals surface area contributed by atoms with E-state index >= 15 is 0 Å². The van der Waals surface area contributed by atoms with Gasteiger partial charge in [0, 0.05) is 19.6 Å². The van der Waals surface area contributed by atoms with E-state index < -0.39 is 0 Å². The SMILES string of the molecule is O=C1Cc2cccc3c2N1CCNC3. The number of para-hydroxylation sites is 1. The molecule has 1 amide bonds. The zero-order valence-corrected chi connectivity index (χ0v) is 7.92. The molecule has 0 unspecified atom stereocenters. The molecule has 0 atom stereocenters. The zero-order valence-electron chi connectivity index (χ0n) is 7.92. The van der Waals surface area contributed by atoms with Crippen LogP contribution in [0.2, 0.25) is 0 Å². The summed E-state index contributed by atoms with van der Waals surface area (Å²) in [5.41, 5.74) is 3.62. The van der Waals surface area contributed by atoms with Crippen molar-refractivity contribution in [3.05, 3.63) is 29.3 Å². The standard InChI is InChI=1S/C11H12N2O/c14-10-6-8-2-1-3-9-7-12-4-5-13(10)11(8)9/h1-3,12H,4-7H2. The van der Waals surface area contributed by atoms with E-state index in [1.807, 2.05) is 11.0 Å². The van der Waals surface area contributed by atoms with E-state index in [9.17, 15) is 4.79 Å². The molecule has 0 saturated carbocycles. The fraction of sp³-hybridized carbons (Fsp3) is 0.364. The zero-order chi connectivity index (χ0) is 9.54. The maximum absolute atomic E-state index is 11.7. The molecule has 0 bridgehead atoms. The van der Waals surface area contributed by atoms with Crippen LogP contribution in [0.1, 0.15) is 11.1 Å². The Morgan fingerprint density at radius 1 is 1.29 bits per heavy atom. The van der Waals surface area contributed by atoms with E-state index in [1.165, 1.54) is 16.8 Å². The lowest BCUT2D eigenvalue weighted by Crippen LogP contribution is -2.31. The first kappa shape index (κ1) is 8.00.